The average Bonchev–Trinajstić information content (AvgIpc) is 2.85. The number of aromatic amines is 1. The highest BCUT2D eigenvalue weighted by Crippen LogP contribution is 2.20. The van der Waals surface area contributed by atoms with Gasteiger partial charge in [0.1, 0.15) is 0 Å². The van der Waals surface area contributed by atoms with Crippen LogP contribution in [0.4, 0.5) is 0 Å². The molecule has 0 amide bonds. The number of esters is 1. The van der Waals surface area contributed by atoms with Gasteiger partial charge in [0, 0.05) is 23.5 Å². The van der Waals surface area contributed by atoms with Gasteiger partial charge in [-0.25, -0.2) is 4.79 Å². The summed E-state index contributed by atoms with van der Waals surface area (Å²) < 4.78 is 7.37. The molecule has 0 saturated heterocycles. The van der Waals surface area contributed by atoms with E-state index in [0.29, 0.717) is 22.9 Å². The summed E-state index contributed by atoms with van der Waals surface area (Å²) in [6, 6.07) is 5.62. The number of imidazole rings is 1. The first-order valence-corrected chi connectivity index (χ1v) is 7.26. The molecule has 0 spiro atoms. The van der Waals surface area contributed by atoms with Crippen LogP contribution < -0.4 is 0 Å². The third-order valence-corrected chi connectivity index (χ3v) is 3.54. The zero-order chi connectivity index (χ0) is 15.2. The third-order valence-electron chi connectivity index (χ3n) is 2.84. The molecular formula is C15H15ClN2O2S. The smallest absolute Gasteiger partial charge is 0.330 e. The SMILES string of the molecule is CCOC(=O)/C=C/c1ccc(Cn2cc[nH]c2=S)c(Cl)c1. The van der Waals surface area contributed by atoms with Crippen LogP contribution >= 0.6 is 23.8 Å². The van der Waals surface area contributed by atoms with Crippen molar-refractivity contribution in [3.8, 4) is 0 Å². The van der Waals surface area contributed by atoms with E-state index in [1.165, 1.54) is 6.08 Å². The zero-order valence-corrected chi connectivity index (χ0v) is 13.1. The van der Waals surface area contributed by atoms with Gasteiger partial charge in [0.25, 0.3) is 0 Å². The second kappa shape index (κ2) is 7.24. The molecule has 0 saturated carbocycles. The fourth-order valence-electron chi connectivity index (χ4n) is 1.81. The van der Waals surface area contributed by atoms with Gasteiger partial charge in [-0.15, -0.1) is 0 Å². The number of nitrogens with zero attached hydrogens (tertiary/aromatic N) is 1. The molecule has 1 aromatic carbocycles. The van der Waals surface area contributed by atoms with E-state index in [-0.39, 0.29) is 5.97 Å². The van der Waals surface area contributed by atoms with E-state index in [4.69, 9.17) is 28.6 Å². The molecular weight excluding hydrogens is 308 g/mol. The number of benzene rings is 1. The molecule has 110 valence electrons. The van der Waals surface area contributed by atoms with Crippen molar-refractivity contribution in [3.05, 3.63) is 57.6 Å². The minimum absolute atomic E-state index is 0.361. The Hall–Kier alpha value is -1.85. The van der Waals surface area contributed by atoms with E-state index in [9.17, 15) is 4.79 Å². The van der Waals surface area contributed by atoms with Gasteiger partial charge in [0.05, 0.1) is 13.2 Å². The van der Waals surface area contributed by atoms with Gasteiger partial charge in [-0.1, -0.05) is 23.7 Å². The van der Waals surface area contributed by atoms with Gasteiger partial charge in [0.15, 0.2) is 4.77 Å². The van der Waals surface area contributed by atoms with Crippen LogP contribution in [0.15, 0.2) is 36.7 Å². The normalized spacial score (nSPS) is 11.0. The van der Waals surface area contributed by atoms with Gasteiger partial charge in [-0.2, -0.15) is 0 Å². The van der Waals surface area contributed by atoms with Crippen molar-refractivity contribution < 1.29 is 9.53 Å². The number of carbonyl (C=O) groups is 1. The summed E-state index contributed by atoms with van der Waals surface area (Å²) in [6.45, 7) is 2.73. The standard InChI is InChI=1S/C15H15ClN2O2S/c1-2-20-14(19)6-4-11-3-5-12(13(16)9-11)10-18-8-7-17-15(18)21/h3-9H,2,10H2,1H3,(H,17,21)/b6-4+. The Bertz CT molecular complexity index is 718. The number of nitrogens with one attached hydrogen (secondary N) is 1. The van der Waals surface area contributed by atoms with Gasteiger partial charge in [0.2, 0.25) is 0 Å². The van der Waals surface area contributed by atoms with Crippen LogP contribution in [0.1, 0.15) is 18.1 Å². The van der Waals surface area contributed by atoms with Gasteiger partial charge in [-0.3, -0.25) is 0 Å². The van der Waals surface area contributed by atoms with E-state index in [1.807, 2.05) is 29.0 Å². The molecule has 0 unspecified atom stereocenters. The first-order valence-electron chi connectivity index (χ1n) is 6.47. The lowest BCUT2D eigenvalue weighted by atomic mass is 10.1. The van der Waals surface area contributed by atoms with Gasteiger partial charge >= 0.3 is 5.97 Å². The maximum atomic E-state index is 11.3. The van der Waals surface area contributed by atoms with Crippen molar-refractivity contribution in [1.29, 1.82) is 0 Å². The predicted molar refractivity (Wildman–Crippen MR) is 85.8 cm³/mol. The van der Waals surface area contributed by atoms with Crippen LogP contribution in [0, 0.1) is 4.77 Å². The van der Waals surface area contributed by atoms with E-state index in [0.717, 1.165) is 11.1 Å². The molecule has 1 N–H and O–H groups in total. The van der Waals surface area contributed by atoms with Gasteiger partial charge < -0.3 is 14.3 Å². The Balaban J connectivity index is 2.12. The molecule has 0 aliphatic carbocycles. The molecule has 0 fully saturated rings. The molecule has 0 aliphatic heterocycles. The summed E-state index contributed by atoms with van der Waals surface area (Å²) in [5.41, 5.74) is 1.80. The van der Waals surface area contributed by atoms with Crippen molar-refractivity contribution in [2.24, 2.45) is 0 Å². The Kier molecular flexibility index (Phi) is 5.36. The molecule has 1 heterocycles. The summed E-state index contributed by atoms with van der Waals surface area (Å²) in [5, 5.41) is 0.629. The fourth-order valence-corrected chi connectivity index (χ4v) is 2.25. The molecule has 4 nitrogen and oxygen atoms in total. The fraction of sp³-hybridized carbons (Fsp3) is 0.200. The lowest BCUT2D eigenvalue weighted by molar-refractivity contribution is -0.137. The maximum Gasteiger partial charge on any atom is 0.330 e. The molecule has 2 rings (SSSR count). The first kappa shape index (κ1) is 15.5. The van der Waals surface area contributed by atoms with Gasteiger partial charge in [-0.05, 0) is 42.4 Å². The van der Waals surface area contributed by atoms with E-state index < -0.39 is 0 Å². The zero-order valence-electron chi connectivity index (χ0n) is 11.5. The highest BCUT2D eigenvalue weighted by atomic mass is 35.5. The number of hydrogen-bond donors (Lipinski definition) is 1. The monoisotopic (exact) mass is 322 g/mol. The lowest BCUT2D eigenvalue weighted by Crippen LogP contribution is -2.00. The molecule has 1 aromatic heterocycles. The number of halogens is 1. The van der Waals surface area contributed by atoms with Crippen molar-refractivity contribution in [1.82, 2.24) is 9.55 Å². The number of hydrogen-bond acceptors (Lipinski definition) is 3. The Labute approximate surface area is 133 Å². The minimum atomic E-state index is -0.365. The second-order valence-corrected chi connectivity index (χ2v) is 5.12. The minimum Gasteiger partial charge on any atom is -0.463 e. The summed E-state index contributed by atoms with van der Waals surface area (Å²) in [4.78, 5) is 14.2. The van der Waals surface area contributed by atoms with E-state index in [2.05, 4.69) is 4.98 Å². The number of aromatic nitrogens is 2. The van der Waals surface area contributed by atoms with Crippen LogP contribution in [0.2, 0.25) is 5.02 Å². The van der Waals surface area contributed by atoms with Crippen LogP contribution in [0.25, 0.3) is 6.08 Å². The van der Waals surface area contributed by atoms with Crippen LogP contribution in [0.5, 0.6) is 0 Å². The quantitative estimate of drug-likeness (QED) is 0.517. The highest BCUT2D eigenvalue weighted by Gasteiger charge is 2.03. The third kappa shape index (κ3) is 4.31. The molecule has 0 atom stereocenters. The lowest BCUT2D eigenvalue weighted by Gasteiger charge is -2.06. The van der Waals surface area contributed by atoms with Crippen molar-refractivity contribution in [3.63, 3.8) is 0 Å². The Morgan fingerprint density at radius 2 is 2.33 bits per heavy atom. The molecule has 0 bridgehead atoms. The van der Waals surface area contributed by atoms with Crippen LogP contribution in [0.3, 0.4) is 0 Å². The maximum absolute atomic E-state index is 11.3. The first-order chi connectivity index (χ1) is 10.1. The molecule has 0 radical (unpaired) electrons. The predicted octanol–water partition coefficient (Wildman–Crippen LogP) is 3.82. The second-order valence-electron chi connectivity index (χ2n) is 4.33. The summed E-state index contributed by atoms with van der Waals surface area (Å²) in [5.74, 6) is -0.365. The summed E-state index contributed by atoms with van der Waals surface area (Å²) in [7, 11) is 0. The number of H-pyrrole nitrogens is 1. The number of rotatable bonds is 5. The van der Waals surface area contributed by atoms with E-state index >= 15 is 0 Å². The highest BCUT2D eigenvalue weighted by molar-refractivity contribution is 7.71. The largest absolute Gasteiger partial charge is 0.463 e. The summed E-state index contributed by atoms with van der Waals surface area (Å²) >= 11 is 11.4. The molecule has 2 aromatic rings. The topological polar surface area (TPSA) is 47.0 Å². The number of ether oxygens (including phenoxy) is 1. The van der Waals surface area contributed by atoms with Crippen molar-refractivity contribution in [2.75, 3.05) is 6.61 Å². The Morgan fingerprint density at radius 1 is 1.52 bits per heavy atom. The molecule has 6 heteroatoms. The Morgan fingerprint density at radius 3 is 2.95 bits per heavy atom. The molecule has 0 aliphatic rings. The van der Waals surface area contributed by atoms with E-state index in [1.54, 1.807) is 19.2 Å². The van der Waals surface area contributed by atoms with Crippen LogP contribution in [-0.4, -0.2) is 22.1 Å². The van der Waals surface area contributed by atoms with Crippen LogP contribution in [-0.2, 0) is 16.1 Å². The molecule has 21 heavy (non-hydrogen) atoms. The summed E-state index contributed by atoms with van der Waals surface area (Å²) in [6.07, 6.45) is 6.71. The average molecular weight is 323 g/mol. The van der Waals surface area contributed by atoms with Crippen molar-refractivity contribution in [2.45, 2.75) is 13.5 Å². The van der Waals surface area contributed by atoms with Crippen molar-refractivity contribution >= 4 is 35.9 Å². The number of carbonyl (C=O) groups excluding carboxylic acids is 1.